The highest BCUT2D eigenvalue weighted by Gasteiger charge is 2.19. The van der Waals surface area contributed by atoms with Crippen LogP contribution in [0.3, 0.4) is 0 Å². The molecule has 2 N–H and O–H groups in total. The van der Waals surface area contributed by atoms with Crippen LogP contribution in [0.4, 0.5) is 0 Å². The van der Waals surface area contributed by atoms with Gasteiger partial charge in [-0.1, -0.05) is 6.92 Å². The minimum Gasteiger partial charge on any atom is -0.479 e. The van der Waals surface area contributed by atoms with Crippen molar-refractivity contribution in [2.24, 2.45) is 0 Å². The highest BCUT2D eigenvalue weighted by Crippen LogP contribution is 2.09. The molecule has 0 saturated heterocycles. The molecule has 54 valence electrons. The summed E-state index contributed by atoms with van der Waals surface area (Å²) in [5.41, 5.74) is 0. The van der Waals surface area contributed by atoms with Gasteiger partial charge in [-0.3, -0.25) is 0 Å². The Morgan fingerprint density at radius 2 is 2.11 bits per heavy atom. The lowest BCUT2D eigenvalue weighted by Crippen LogP contribution is -2.28. The molecule has 0 aromatic rings. The van der Waals surface area contributed by atoms with E-state index in [0.29, 0.717) is 0 Å². The van der Waals surface area contributed by atoms with Crippen molar-refractivity contribution in [3.05, 3.63) is 0 Å². The van der Waals surface area contributed by atoms with E-state index in [1.54, 1.807) is 13.2 Å². The highest BCUT2D eigenvalue weighted by molar-refractivity contribution is 7.99. The fraction of sp³-hybridized carbons (Fsp3) is 0.800. The molecular formula is C5H10O3S. The van der Waals surface area contributed by atoms with Crippen LogP contribution in [0.1, 0.15) is 6.92 Å². The van der Waals surface area contributed by atoms with E-state index in [-0.39, 0.29) is 5.25 Å². The number of carboxylic acids is 1. The van der Waals surface area contributed by atoms with Crippen molar-refractivity contribution >= 4 is 17.7 Å². The van der Waals surface area contributed by atoms with Crippen molar-refractivity contribution in [2.45, 2.75) is 18.3 Å². The molecule has 0 spiro atoms. The van der Waals surface area contributed by atoms with Crippen LogP contribution in [0.25, 0.3) is 0 Å². The molecule has 0 heterocycles. The third kappa shape index (κ3) is 2.72. The molecule has 0 bridgehead atoms. The Bertz CT molecular complexity index is 104. The maximum absolute atomic E-state index is 10.0. The second-order valence-electron chi connectivity index (χ2n) is 1.72. The van der Waals surface area contributed by atoms with Gasteiger partial charge in [0.05, 0.1) is 0 Å². The van der Waals surface area contributed by atoms with Crippen molar-refractivity contribution < 1.29 is 15.0 Å². The molecule has 9 heavy (non-hydrogen) atoms. The largest absolute Gasteiger partial charge is 0.479 e. The van der Waals surface area contributed by atoms with Gasteiger partial charge in [0.15, 0.2) is 6.10 Å². The van der Waals surface area contributed by atoms with Gasteiger partial charge in [0.2, 0.25) is 0 Å². The molecule has 3 nitrogen and oxygen atoms in total. The normalized spacial score (nSPS) is 16.8. The lowest BCUT2D eigenvalue weighted by atomic mass is 10.3. The predicted molar refractivity (Wildman–Crippen MR) is 36.6 cm³/mol. The summed E-state index contributed by atoms with van der Waals surface area (Å²) in [6, 6.07) is 0. The number of carbonyl (C=O) groups is 1. The Morgan fingerprint density at radius 1 is 1.67 bits per heavy atom. The van der Waals surface area contributed by atoms with Gasteiger partial charge < -0.3 is 10.2 Å². The fourth-order valence-corrected chi connectivity index (χ4v) is 0.704. The van der Waals surface area contributed by atoms with Gasteiger partial charge >= 0.3 is 5.97 Å². The number of carboxylic acid groups (broad SMARTS) is 1. The van der Waals surface area contributed by atoms with Crippen LogP contribution in [-0.4, -0.2) is 33.8 Å². The van der Waals surface area contributed by atoms with Crippen molar-refractivity contribution in [1.82, 2.24) is 0 Å². The van der Waals surface area contributed by atoms with Crippen LogP contribution >= 0.6 is 11.8 Å². The van der Waals surface area contributed by atoms with Gasteiger partial charge in [-0.05, 0) is 6.26 Å². The topological polar surface area (TPSA) is 57.5 Å². The smallest absolute Gasteiger partial charge is 0.333 e. The van der Waals surface area contributed by atoms with Crippen LogP contribution in [0.5, 0.6) is 0 Å². The predicted octanol–water partition coefficient (Wildman–Crippen LogP) is 0.183. The van der Waals surface area contributed by atoms with E-state index in [4.69, 9.17) is 10.2 Å². The van der Waals surface area contributed by atoms with E-state index in [9.17, 15) is 4.79 Å². The number of aliphatic carboxylic acids is 1. The lowest BCUT2D eigenvalue weighted by molar-refractivity contribution is -0.146. The molecule has 0 aliphatic rings. The molecule has 4 heteroatoms. The first-order valence-electron chi connectivity index (χ1n) is 2.53. The van der Waals surface area contributed by atoms with E-state index in [2.05, 4.69) is 0 Å². The molecule has 0 aliphatic carbocycles. The number of thioether (sulfide) groups is 1. The van der Waals surface area contributed by atoms with E-state index >= 15 is 0 Å². The van der Waals surface area contributed by atoms with Crippen LogP contribution in [-0.2, 0) is 4.79 Å². The van der Waals surface area contributed by atoms with Gasteiger partial charge in [-0.25, -0.2) is 4.79 Å². The third-order valence-electron chi connectivity index (χ3n) is 1.07. The average Bonchev–Trinajstić information content (AvgIpc) is 1.84. The maximum Gasteiger partial charge on any atom is 0.333 e. The summed E-state index contributed by atoms with van der Waals surface area (Å²) in [6.07, 6.45) is 0.525. The Kier molecular flexibility index (Phi) is 3.65. The summed E-state index contributed by atoms with van der Waals surface area (Å²) >= 11 is 1.33. The number of hydrogen-bond acceptors (Lipinski definition) is 3. The summed E-state index contributed by atoms with van der Waals surface area (Å²) in [5.74, 6) is -1.16. The summed E-state index contributed by atoms with van der Waals surface area (Å²) in [4.78, 5) is 10.0. The number of aliphatic hydroxyl groups excluding tert-OH is 1. The summed E-state index contributed by atoms with van der Waals surface area (Å²) in [5, 5.41) is 16.8. The molecule has 2 atom stereocenters. The molecule has 0 amide bonds. The summed E-state index contributed by atoms with van der Waals surface area (Å²) < 4.78 is 0. The first kappa shape index (κ1) is 8.78. The number of rotatable bonds is 3. The van der Waals surface area contributed by atoms with E-state index in [1.807, 2.05) is 0 Å². The fourth-order valence-electron chi connectivity index (χ4n) is 0.330. The van der Waals surface area contributed by atoms with Crippen LogP contribution < -0.4 is 0 Å². The van der Waals surface area contributed by atoms with Gasteiger partial charge in [-0.2, -0.15) is 11.8 Å². The minimum absolute atomic E-state index is 0.234. The van der Waals surface area contributed by atoms with Gasteiger partial charge in [0, 0.05) is 5.25 Å². The SMILES string of the molecule is CSC(C)C(O)C(=O)O. The molecule has 2 unspecified atom stereocenters. The zero-order valence-corrected chi connectivity index (χ0v) is 6.18. The molecule has 0 saturated carbocycles. The molecule has 0 radical (unpaired) electrons. The molecule has 0 aromatic carbocycles. The maximum atomic E-state index is 10.0. The second-order valence-corrected chi connectivity index (χ2v) is 2.94. The summed E-state index contributed by atoms with van der Waals surface area (Å²) in [6.45, 7) is 1.67. The van der Waals surface area contributed by atoms with Crippen molar-refractivity contribution in [3.63, 3.8) is 0 Å². The quantitative estimate of drug-likeness (QED) is 0.602. The van der Waals surface area contributed by atoms with Crippen LogP contribution in [0, 0.1) is 0 Å². The molecule has 0 rings (SSSR count). The van der Waals surface area contributed by atoms with Crippen LogP contribution in [0.2, 0.25) is 0 Å². The molecule has 0 aliphatic heterocycles. The van der Waals surface area contributed by atoms with Crippen molar-refractivity contribution in [2.75, 3.05) is 6.26 Å². The number of hydrogen-bond donors (Lipinski definition) is 2. The monoisotopic (exact) mass is 150 g/mol. The van der Waals surface area contributed by atoms with Gasteiger partial charge in [-0.15, -0.1) is 0 Å². The average molecular weight is 150 g/mol. The lowest BCUT2D eigenvalue weighted by Gasteiger charge is -2.10. The van der Waals surface area contributed by atoms with Gasteiger partial charge in [0.25, 0.3) is 0 Å². The third-order valence-corrected chi connectivity index (χ3v) is 2.07. The first-order chi connectivity index (χ1) is 4.09. The highest BCUT2D eigenvalue weighted by atomic mass is 32.2. The van der Waals surface area contributed by atoms with Gasteiger partial charge in [0.1, 0.15) is 0 Å². The zero-order chi connectivity index (χ0) is 7.44. The van der Waals surface area contributed by atoms with Crippen LogP contribution in [0.15, 0.2) is 0 Å². The number of aliphatic hydroxyl groups is 1. The van der Waals surface area contributed by atoms with E-state index < -0.39 is 12.1 Å². The standard InChI is InChI=1S/C5H10O3S/c1-3(9-2)4(6)5(7)8/h3-4,6H,1-2H3,(H,7,8). The molecule has 0 fully saturated rings. The summed E-state index contributed by atoms with van der Waals surface area (Å²) in [7, 11) is 0. The van der Waals surface area contributed by atoms with Crippen molar-refractivity contribution in [3.8, 4) is 0 Å². The Morgan fingerprint density at radius 3 is 2.22 bits per heavy atom. The molecule has 0 aromatic heterocycles. The van der Waals surface area contributed by atoms with E-state index in [1.165, 1.54) is 11.8 Å². The minimum atomic E-state index is -1.24. The van der Waals surface area contributed by atoms with E-state index in [0.717, 1.165) is 0 Å². The Hall–Kier alpha value is -0.220. The van der Waals surface area contributed by atoms with Crippen molar-refractivity contribution in [1.29, 1.82) is 0 Å². The zero-order valence-electron chi connectivity index (χ0n) is 5.37. The second kappa shape index (κ2) is 3.74. The first-order valence-corrected chi connectivity index (χ1v) is 3.82. The Balaban J connectivity index is 3.72. The Labute approximate surface area is 58.1 Å². The molecular weight excluding hydrogens is 140 g/mol.